The van der Waals surface area contributed by atoms with Gasteiger partial charge in [0.2, 0.25) is 10.0 Å². The van der Waals surface area contributed by atoms with Crippen LogP contribution < -0.4 is 4.72 Å². The van der Waals surface area contributed by atoms with Crippen molar-refractivity contribution >= 4 is 10.0 Å². The summed E-state index contributed by atoms with van der Waals surface area (Å²) >= 11 is 0. The van der Waals surface area contributed by atoms with Crippen LogP contribution in [0, 0.1) is 11.3 Å². The first kappa shape index (κ1) is 14.1. The van der Waals surface area contributed by atoms with Gasteiger partial charge in [0.15, 0.2) is 5.69 Å². The predicted molar refractivity (Wildman–Crippen MR) is 72.1 cm³/mol. The van der Waals surface area contributed by atoms with Gasteiger partial charge < -0.3 is 0 Å². The summed E-state index contributed by atoms with van der Waals surface area (Å²) < 4.78 is 26.6. The fourth-order valence-corrected chi connectivity index (χ4v) is 2.78. The molecule has 0 amide bonds. The number of sulfonamides is 1. The molecule has 0 saturated heterocycles. The quantitative estimate of drug-likeness (QED) is 0.880. The summed E-state index contributed by atoms with van der Waals surface area (Å²) in [6.07, 6.45) is 5.24. The number of nitrogens with zero attached hydrogens (tertiary/aromatic N) is 3. The highest BCUT2D eigenvalue weighted by atomic mass is 32.2. The van der Waals surface area contributed by atoms with Crippen molar-refractivity contribution in [3.05, 3.63) is 54.1 Å². The van der Waals surface area contributed by atoms with E-state index in [0.29, 0.717) is 6.42 Å². The molecule has 1 N–H and O–H groups in total. The minimum Gasteiger partial charge on any atom is -0.264 e. The SMILES string of the molecule is N#Cc1ncccc1S(=O)(=O)NCCc1cccnc1. The van der Waals surface area contributed by atoms with Gasteiger partial charge in [-0.3, -0.25) is 4.98 Å². The number of nitriles is 1. The van der Waals surface area contributed by atoms with Crippen LogP contribution in [0.3, 0.4) is 0 Å². The van der Waals surface area contributed by atoms with Crippen molar-refractivity contribution in [1.29, 1.82) is 5.26 Å². The highest BCUT2D eigenvalue weighted by Gasteiger charge is 2.18. The lowest BCUT2D eigenvalue weighted by Gasteiger charge is -2.07. The maximum atomic E-state index is 12.1. The van der Waals surface area contributed by atoms with Crippen LogP contribution in [0.15, 0.2) is 47.8 Å². The Balaban J connectivity index is 2.07. The van der Waals surface area contributed by atoms with Crippen molar-refractivity contribution in [2.24, 2.45) is 0 Å². The zero-order valence-corrected chi connectivity index (χ0v) is 11.3. The van der Waals surface area contributed by atoms with E-state index in [2.05, 4.69) is 14.7 Å². The fraction of sp³-hybridized carbons (Fsp3) is 0.154. The van der Waals surface area contributed by atoms with Crippen LogP contribution in [0.5, 0.6) is 0 Å². The van der Waals surface area contributed by atoms with Gasteiger partial charge in [-0.25, -0.2) is 18.1 Å². The molecule has 7 heteroatoms. The van der Waals surface area contributed by atoms with Crippen molar-refractivity contribution in [3.63, 3.8) is 0 Å². The Hall–Kier alpha value is -2.30. The molecule has 0 spiro atoms. The molecule has 20 heavy (non-hydrogen) atoms. The van der Waals surface area contributed by atoms with Gasteiger partial charge in [-0.05, 0) is 30.2 Å². The van der Waals surface area contributed by atoms with Gasteiger partial charge in [0.1, 0.15) is 11.0 Å². The van der Waals surface area contributed by atoms with Gasteiger partial charge in [-0.15, -0.1) is 0 Å². The number of hydrogen-bond acceptors (Lipinski definition) is 5. The molecule has 2 heterocycles. The molecular weight excluding hydrogens is 276 g/mol. The minimum absolute atomic E-state index is 0.103. The lowest BCUT2D eigenvalue weighted by atomic mass is 10.2. The molecule has 0 radical (unpaired) electrons. The molecule has 0 aliphatic rings. The van der Waals surface area contributed by atoms with E-state index in [1.165, 1.54) is 18.3 Å². The summed E-state index contributed by atoms with van der Waals surface area (Å²) in [6, 6.07) is 8.27. The second kappa shape index (κ2) is 6.23. The molecule has 0 bridgehead atoms. The summed E-state index contributed by atoms with van der Waals surface area (Å²) in [5, 5.41) is 8.87. The topological polar surface area (TPSA) is 95.7 Å². The molecular formula is C13H12N4O2S. The van der Waals surface area contributed by atoms with Crippen molar-refractivity contribution in [1.82, 2.24) is 14.7 Å². The van der Waals surface area contributed by atoms with Crippen LogP contribution in [-0.2, 0) is 16.4 Å². The second-order valence-corrected chi connectivity index (χ2v) is 5.71. The van der Waals surface area contributed by atoms with Gasteiger partial charge in [-0.2, -0.15) is 5.26 Å². The van der Waals surface area contributed by atoms with E-state index >= 15 is 0 Å². The zero-order valence-electron chi connectivity index (χ0n) is 10.5. The molecule has 6 nitrogen and oxygen atoms in total. The van der Waals surface area contributed by atoms with Crippen molar-refractivity contribution in [3.8, 4) is 6.07 Å². The van der Waals surface area contributed by atoms with Gasteiger partial charge in [0.05, 0.1) is 0 Å². The molecule has 102 valence electrons. The van der Waals surface area contributed by atoms with Crippen LogP contribution in [0.4, 0.5) is 0 Å². The van der Waals surface area contributed by atoms with E-state index < -0.39 is 10.0 Å². The first-order valence-corrected chi connectivity index (χ1v) is 7.35. The lowest BCUT2D eigenvalue weighted by molar-refractivity contribution is 0.581. The average molecular weight is 288 g/mol. The Morgan fingerprint density at radius 3 is 2.75 bits per heavy atom. The Morgan fingerprint density at radius 1 is 1.25 bits per heavy atom. The Bertz CT molecular complexity index is 724. The van der Waals surface area contributed by atoms with Crippen LogP contribution >= 0.6 is 0 Å². The molecule has 0 atom stereocenters. The van der Waals surface area contributed by atoms with Crippen molar-refractivity contribution < 1.29 is 8.42 Å². The molecule has 0 saturated carbocycles. The lowest BCUT2D eigenvalue weighted by Crippen LogP contribution is -2.27. The Morgan fingerprint density at radius 2 is 2.05 bits per heavy atom. The number of hydrogen-bond donors (Lipinski definition) is 1. The predicted octanol–water partition coefficient (Wildman–Crippen LogP) is 0.869. The van der Waals surface area contributed by atoms with Crippen molar-refractivity contribution in [2.45, 2.75) is 11.3 Å². The third-order valence-corrected chi connectivity index (χ3v) is 4.09. The summed E-state index contributed by atoms with van der Waals surface area (Å²) in [5.74, 6) is 0. The first-order valence-electron chi connectivity index (χ1n) is 5.87. The second-order valence-electron chi connectivity index (χ2n) is 3.97. The maximum absolute atomic E-state index is 12.1. The molecule has 2 rings (SSSR count). The standard InChI is InChI=1S/C13H12N4O2S/c14-9-12-13(4-2-7-16-12)20(18,19)17-8-5-11-3-1-6-15-10-11/h1-4,6-7,10,17H,5,8H2. The maximum Gasteiger partial charge on any atom is 0.243 e. The molecule has 0 aromatic carbocycles. The van der Waals surface area contributed by atoms with E-state index in [1.807, 2.05) is 6.07 Å². The van der Waals surface area contributed by atoms with E-state index in [0.717, 1.165) is 5.56 Å². The smallest absolute Gasteiger partial charge is 0.243 e. The number of nitrogens with one attached hydrogen (secondary N) is 1. The molecule has 0 aliphatic carbocycles. The Kier molecular flexibility index (Phi) is 4.40. The van der Waals surface area contributed by atoms with Gasteiger partial charge in [-0.1, -0.05) is 6.07 Å². The van der Waals surface area contributed by atoms with E-state index in [9.17, 15) is 8.42 Å². The van der Waals surface area contributed by atoms with E-state index in [4.69, 9.17) is 5.26 Å². The number of rotatable bonds is 5. The highest BCUT2D eigenvalue weighted by Crippen LogP contribution is 2.11. The van der Waals surface area contributed by atoms with Crippen LogP contribution in [0.2, 0.25) is 0 Å². The summed E-state index contributed by atoms with van der Waals surface area (Å²) in [5.41, 5.74) is 0.822. The summed E-state index contributed by atoms with van der Waals surface area (Å²) in [4.78, 5) is 7.59. The average Bonchev–Trinajstić information content (AvgIpc) is 2.48. The summed E-state index contributed by atoms with van der Waals surface area (Å²) in [7, 11) is -3.73. The van der Waals surface area contributed by atoms with Gasteiger partial charge in [0.25, 0.3) is 0 Å². The number of pyridine rings is 2. The van der Waals surface area contributed by atoms with Crippen LogP contribution in [-0.4, -0.2) is 24.9 Å². The third-order valence-electron chi connectivity index (χ3n) is 2.59. The highest BCUT2D eigenvalue weighted by molar-refractivity contribution is 7.89. The zero-order chi connectivity index (χ0) is 14.4. The molecule has 2 aromatic heterocycles. The fourth-order valence-electron chi connectivity index (χ4n) is 1.64. The molecule has 0 aliphatic heterocycles. The van der Waals surface area contributed by atoms with Gasteiger partial charge >= 0.3 is 0 Å². The molecule has 0 unspecified atom stereocenters. The molecule has 2 aromatic rings. The summed E-state index contributed by atoms with van der Waals surface area (Å²) in [6.45, 7) is 0.230. The van der Waals surface area contributed by atoms with Gasteiger partial charge in [0, 0.05) is 25.1 Å². The van der Waals surface area contributed by atoms with Crippen molar-refractivity contribution in [2.75, 3.05) is 6.54 Å². The van der Waals surface area contributed by atoms with E-state index in [1.54, 1.807) is 24.5 Å². The number of aromatic nitrogens is 2. The van der Waals surface area contributed by atoms with Crippen LogP contribution in [0.25, 0.3) is 0 Å². The largest absolute Gasteiger partial charge is 0.264 e. The molecule has 0 fully saturated rings. The normalized spacial score (nSPS) is 10.9. The first-order chi connectivity index (χ1) is 9.63. The Labute approximate surface area is 117 Å². The minimum atomic E-state index is -3.73. The monoisotopic (exact) mass is 288 g/mol. The third kappa shape index (κ3) is 3.38. The van der Waals surface area contributed by atoms with Crippen LogP contribution in [0.1, 0.15) is 11.3 Å². The van der Waals surface area contributed by atoms with E-state index in [-0.39, 0.29) is 17.1 Å².